The summed E-state index contributed by atoms with van der Waals surface area (Å²) >= 11 is 0. The lowest BCUT2D eigenvalue weighted by atomic mass is 9.87. The van der Waals surface area contributed by atoms with Gasteiger partial charge in [-0.05, 0) is 58.5 Å². The molecule has 0 unspecified atom stereocenters. The van der Waals surface area contributed by atoms with Crippen LogP contribution < -0.4 is 10.2 Å². The van der Waals surface area contributed by atoms with Crippen LogP contribution in [0.2, 0.25) is 0 Å². The minimum atomic E-state index is -0.407. The molecule has 3 aromatic rings. The van der Waals surface area contributed by atoms with Gasteiger partial charge in [0.15, 0.2) is 0 Å². The number of carbonyl (C=O) groups is 2. The molecule has 0 aliphatic heterocycles. The van der Waals surface area contributed by atoms with E-state index >= 15 is 0 Å². The number of ether oxygens (including phenoxy) is 1. The van der Waals surface area contributed by atoms with Crippen LogP contribution in [-0.4, -0.2) is 18.1 Å². The van der Waals surface area contributed by atoms with Crippen LogP contribution in [0, 0.1) is 0 Å². The summed E-state index contributed by atoms with van der Waals surface area (Å²) in [4.78, 5) is 24.3. The Balaban J connectivity index is 1.52. The van der Waals surface area contributed by atoms with E-state index in [1.807, 2.05) is 42.5 Å². The van der Waals surface area contributed by atoms with Crippen LogP contribution >= 0.6 is 0 Å². The summed E-state index contributed by atoms with van der Waals surface area (Å²) in [6.45, 7) is 6.37. The zero-order valence-corrected chi connectivity index (χ0v) is 18.0. The standard InChI is InChI=1S/C26H26N2O3/c1-26(2,3)22-13-11-21(12-14-22)25(30)31-23-15-9-20(10-16-23)18-27-28-24(29)17-19-7-5-4-6-8-19/h4-16,18H,17H2,1-3H3,(H,28,29)/b27-18+. The molecule has 0 saturated carbocycles. The number of esters is 1. The van der Waals surface area contributed by atoms with Crippen LogP contribution in [0.3, 0.4) is 0 Å². The van der Waals surface area contributed by atoms with Gasteiger partial charge >= 0.3 is 5.97 Å². The zero-order chi connectivity index (χ0) is 22.3. The third kappa shape index (κ3) is 6.64. The Morgan fingerprint density at radius 1 is 0.903 bits per heavy atom. The average molecular weight is 415 g/mol. The molecule has 0 saturated heterocycles. The number of rotatable bonds is 6. The molecule has 0 atom stereocenters. The number of amides is 1. The Morgan fingerprint density at radius 3 is 2.16 bits per heavy atom. The molecule has 158 valence electrons. The van der Waals surface area contributed by atoms with E-state index in [0.29, 0.717) is 11.3 Å². The van der Waals surface area contributed by atoms with Gasteiger partial charge < -0.3 is 4.74 Å². The first-order valence-corrected chi connectivity index (χ1v) is 10.1. The van der Waals surface area contributed by atoms with Crippen molar-refractivity contribution in [2.75, 3.05) is 0 Å². The van der Waals surface area contributed by atoms with E-state index in [1.165, 1.54) is 0 Å². The van der Waals surface area contributed by atoms with Crippen molar-refractivity contribution in [1.29, 1.82) is 0 Å². The number of hydrogen-bond donors (Lipinski definition) is 1. The highest BCUT2D eigenvalue weighted by Gasteiger charge is 2.15. The first-order valence-electron chi connectivity index (χ1n) is 10.1. The molecule has 0 bridgehead atoms. The van der Waals surface area contributed by atoms with Crippen LogP contribution in [0.25, 0.3) is 0 Å². The maximum absolute atomic E-state index is 12.4. The van der Waals surface area contributed by atoms with Gasteiger partial charge in [-0.25, -0.2) is 10.2 Å². The molecule has 0 radical (unpaired) electrons. The average Bonchev–Trinajstić information content (AvgIpc) is 2.75. The predicted octanol–water partition coefficient (Wildman–Crippen LogP) is 4.90. The molecule has 1 N–H and O–H groups in total. The van der Waals surface area contributed by atoms with Gasteiger partial charge in [-0.3, -0.25) is 4.79 Å². The quantitative estimate of drug-likeness (QED) is 0.270. The van der Waals surface area contributed by atoms with Gasteiger partial charge in [0, 0.05) is 0 Å². The molecule has 0 aromatic heterocycles. The number of carbonyl (C=O) groups excluding carboxylic acids is 2. The molecular formula is C26H26N2O3. The second-order valence-corrected chi connectivity index (χ2v) is 8.24. The lowest BCUT2D eigenvalue weighted by molar-refractivity contribution is -0.120. The van der Waals surface area contributed by atoms with E-state index in [4.69, 9.17) is 4.74 Å². The summed E-state index contributed by atoms with van der Waals surface area (Å²) in [6.07, 6.45) is 1.81. The monoisotopic (exact) mass is 414 g/mol. The number of benzene rings is 3. The molecule has 3 aromatic carbocycles. The highest BCUT2D eigenvalue weighted by atomic mass is 16.5. The molecule has 0 spiro atoms. The van der Waals surface area contributed by atoms with Crippen molar-refractivity contribution in [2.45, 2.75) is 32.6 Å². The van der Waals surface area contributed by atoms with Crippen molar-refractivity contribution in [3.8, 4) is 5.75 Å². The first-order chi connectivity index (χ1) is 14.8. The first kappa shape index (κ1) is 22.0. The second-order valence-electron chi connectivity index (χ2n) is 8.24. The summed E-state index contributed by atoms with van der Waals surface area (Å²) in [5, 5.41) is 3.97. The molecular weight excluding hydrogens is 388 g/mol. The lowest BCUT2D eigenvalue weighted by Gasteiger charge is -2.18. The van der Waals surface area contributed by atoms with Crippen molar-refractivity contribution in [1.82, 2.24) is 5.43 Å². The van der Waals surface area contributed by atoms with Gasteiger partial charge in [-0.1, -0.05) is 63.2 Å². The fourth-order valence-corrected chi connectivity index (χ4v) is 2.89. The molecule has 3 rings (SSSR count). The highest BCUT2D eigenvalue weighted by molar-refractivity contribution is 5.91. The van der Waals surface area contributed by atoms with Crippen LogP contribution in [0.1, 0.15) is 47.8 Å². The molecule has 5 heteroatoms. The van der Waals surface area contributed by atoms with Crippen molar-refractivity contribution in [2.24, 2.45) is 5.10 Å². The summed E-state index contributed by atoms with van der Waals surface area (Å²) in [5.74, 6) is -0.157. The van der Waals surface area contributed by atoms with Crippen LogP contribution in [-0.2, 0) is 16.6 Å². The lowest BCUT2D eigenvalue weighted by Crippen LogP contribution is -2.19. The molecule has 0 aliphatic rings. The van der Waals surface area contributed by atoms with E-state index in [1.54, 1.807) is 42.6 Å². The highest BCUT2D eigenvalue weighted by Crippen LogP contribution is 2.22. The fourth-order valence-electron chi connectivity index (χ4n) is 2.89. The van der Waals surface area contributed by atoms with Crippen molar-refractivity contribution >= 4 is 18.1 Å². The van der Waals surface area contributed by atoms with Crippen LogP contribution in [0.15, 0.2) is 84.0 Å². The number of nitrogens with zero attached hydrogens (tertiary/aromatic N) is 1. The zero-order valence-electron chi connectivity index (χ0n) is 18.0. The van der Waals surface area contributed by atoms with E-state index in [2.05, 4.69) is 31.3 Å². The Hall–Kier alpha value is -3.73. The van der Waals surface area contributed by atoms with Crippen molar-refractivity contribution in [3.05, 3.63) is 101 Å². The summed E-state index contributed by atoms with van der Waals surface area (Å²) < 4.78 is 5.44. The molecule has 31 heavy (non-hydrogen) atoms. The molecule has 0 fully saturated rings. The largest absolute Gasteiger partial charge is 0.423 e. The Labute approximate surface area is 182 Å². The molecule has 0 aliphatic carbocycles. The smallest absolute Gasteiger partial charge is 0.343 e. The van der Waals surface area contributed by atoms with Crippen LogP contribution in [0.5, 0.6) is 5.75 Å². The SMILES string of the molecule is CC(C)(C)c1ccc(C(=O)Oc2ccc(/C=N/NC(=O)Cc3ccccc3)cc2)cc1. The van der Waals surface area contributed by atoms with Gasteiger partial charge in [-0.2, -0.15) is 5.10 Å². The fraction of sp³-hybridized carbons (Fsp3) is 0.192. The number of hydrazone groups is 1. The third-order valence-electron chi connectivity index (χ3n) is 4.69. The van der Waals surface area contributed by atoms with Crippen molar-refractivity contribution < 1.29 is 14.3 Å². The molecule has 5 nitrogen and oxygen atoms in total. The van der Waals surface area contributed by atoms with Gasteiger partial charge in [-0.15, -0.1) is 0 Å². The van der Waals surface area contributed by atoms with Gasteiger partial charge in [0.1, 0.15) is 5.75 Å². The molecule has 1 amide bonds. The van der Waals surface area contributed by atoms with Gasteiger partial charge in [0.2, 0.25) is 5.91 Å². The number of hydrogen-bond acceptors (Lipinski definition) is 4. The van der Waals surface area contributed by atoms with Crippen LogP contribution in [0.4, 0.5) is 0 Å². The minimum absolute atomic E-state index is 0.0286. The Bertz CT molecular complexity index is 1050. The summed E-state index contributed by atoms with van der Waals surface area (Å²) in [7, 11) is 0. The van der Waals surface area contributed by atoms with E-state index in [9.17, 15) is 9.59 Å². The third-order valence-corrected chi connectivity index (χ3v) is 4.69. The minimum Gasteiger partial charge on any atom is -0.423 e. The maximum atomic E-state index is 12.4. The van der Waals surface area contributed by atoms with Gasteiger partial charge in [0.05, 0.1) is 18.2 Å². The predicted molar refractivity (Wildman–Crippen MR) is 122 cm³/mol. The summed E-state index contributed by atoms with van der Waals surface area (Å²) in [5.41, 5.74) is 5.89. The van der Waals surface area contributed by atoms with Gasteiger partial charge in [0.25, 0.3) is 0 Å². The Morgan fingerprint density at radius 2 is 1.55 bits per heavy atom. The summed E-state index contributed by atoms with van der Waals surface area (Å²) in [6, 6.07) is 23.8. The van der Waals surface area contributed by atoms with E-state index in [-0.39, 0.29) is 17.7 Å². The maximum Gasteiger partial charge on any atom is 0.343 e. The topological polar surface area (TPSA) is 67.8 Å². The van der Waals surface area contributed by atoms with Crippen molar-refractivity contribution in [3.63, 3.8) is 0 Å². The second kappa shape index (κ2) is 9.85. The number of nitrogens with one attached hydrogen (secondary N) is 1. The normalized spacial score (nSPS) is 11.3. The van der Waals surface area contributed by atoms with E-state index < -0.39 is 5.97 Å². The Kier molecular flexibility index (Phi) is 6.98. The molecule has 0 heterocycles. The van der Waals surface area contributed by atoms with E-state index in [0.717, 1.165) is 16.7 Å².